The van der Waals surface area contributed by atoms with E-state index in [1.54, 1.807) is 11.8 Å². The van der Waals surface area contributed by atoms with Crippen LogP contribution in [0.4, 0.5) is 0 Å². The van der Waals surface area contributed by atoms with Gasteiger partial charge in [0.1, 0.15) is 5.25 Å². The van der Waals surface area contributed by atoms with Gasteiger partial charge >= 0.3 is 5.97 Å². The smallest absolute Gasteiger partial charge is 0.320 e. The first-order chi connectivity index (χ1) is 6.27. The molecular formula is C10H14O2S. The summed E-state index contributed by atoms with van der Waals surface area (Å²) in [6.07, 6.45) is 7.03. The second-order valence-electron chi connectivity index (χ2n) is 3.57. The van der Waals surface area contributed by atoms with Crippen molar-refractivity contribution in [2.24, 2.45) is 0 Å². The van der Waals surface area contributed by atoms with Gasteiger partial charge in [0.2, 0.25) is 0 Å². The molecule has 2 nitrogen and oxygen atoms in total. The molecule has 2 atom stereocenters. The molecule has 0 bridgehead atoms. The van der Waals surface area contributed by atoms with E-state index in [-0.39, 0.29) is 16.7 Å². The predicted octanol–water partition coefficient (Wildman–Crippen LogP) is 2.49. The SMILES string of the molecule is CC1SC(C2=CCCCC2)OC1=O. The molecule has 2 unspecified atom stereocenters. The van der Waals surface area contributed by atoms with Crippen molar-refractivity contribution in [3.05, 3.63) is 11.6 Å². The summed E-state index contributed by atoms with van der Waals surface area (Å²) >= 11 is 1.64. The van der Waals surface area contributed by atoms with Gasteiger partial charge in [0.25, 0.3) is 0 Å². The maximum absolute atomic E-state index is 11.2. The second-order valence-corrected chi connectivity index (χ2v) is 4.98. The largest absolute Gasteiger partial charge is 0.446 e. The number of hydrogen-bond acceptors (Lipinski definition) is 3. The summed E-state index contributed by atoms with van der Waals surface area (Å²) < 4.78 is 5.27. The Labute approximate surface area is 82.7 Å². The van der Waals surface area contributed by atoms with Crippen molar-refractivity contribution in [1.82, 2.24) is 0 Å². The molecule has 0 saturated carbocycles. The first-order valence-electron chi connectivity index (χ1n) is 4.82. The minimum atomic E-state index is -0.0542. The van der Waals surface area contributed by atoms with E-state index in [0.717, 1.165) is 12.8 Å². The van der Waals surface area contributed by atoms with Gasteiger partial charge in [-0.15, -0.1) is 0 Å². The topological polar surface area (TPSA) is 26.3 Å². The molecule has 3 heteroatoms. The third kappa shape index (κ3) is 1.90. The zero-order valence-electron chi connectivity index (χ0n) is 7.79. The van der Waals surface area contributed by atoms with Gasteiger partial charge in [0.15, 0.2) is 5.44 Å². The second kappa shape index (κ2) is 3.74. The molecule has 0 aromatic heterocycles. The van der Waals surface area contributed by atoms with Crippen LogP contribution in [0.3, 0.4) is 0 Å². The highest BCUT2D eigenvalue weighted by molar-refractivity contribution is 8.01. The number of allylic oxidation sites excluding steroid dienone is 1. The van der Waals surface area contributed by atoms with Crippen LogP contribution in [0.1, 0.15) is 32.6 Å². The Kier molecular flexibility index (Phi) is 2.63. The van der Waals surface area contributed by atoms with E-state index in [4.69, 9.17) is 4.74 Å². The van der Waals surface area contributed by atoms with Crippen LogP contribution in [0.15, 0.2) is 11.6 Å². The Bertz CT molecular complexity index is 247. The minimum absolute atomic E-state index is 0.0211. The first-order valence-corrected chi connectivity index (χ1v) is 5.76. The van der Waals surface area contributed by atoms with Crippen LogP contribution in [0.2, 0.25) is 0 Å². The van der Waals surface area contributed by atoms with Crippen LogP contribution < -0.4 is 0 Å². The number of cyclic esters (lactones) is 1. The number of rotatable bonds is 1. The molecule has 0 aromatic rings. The quantitative estimate of drug-likeness (QED) is 0.478. The van der Waals surface area contributed by atoms with E-state index in [0.29, 0.717) is 0 Å². The Morgan fingerprint density at radius 2 is 2.38 bits per heavy atom. The maximum atomic E-state index is 11.2. The van der Waals surface area contributed by atoms with Gasteiger partial charge in [-0.05, 0) is 38.2 Å². The van der Waals surface area contributed by atoms with Crippen LogP contribution in [-0.2, 0) is 9.53 Å². The number of hydrogen-bond donors (Lipinski definition) is 0. The van der Waals surface area contributed by atoms with Crippen molar-refractivity contribution in [3.8, 4) is 0 Å². The van der Waals surface area contributed by atoms with E-state index < -0.39 is 0 Å². The fraction of sp³-hybridized carbons (Fsp3) is 0.700. The van der Waals surface area contributed by atoms with Gasteiger partial charge in [0, 0.05) is 0 Å². The van der Waals surface area contributed by atoms with Gasteiger partial charge in [-0.2, -0.15) is 0 Å². The number of thioether (sulfide) groups is 1. The Morgan fingerprint density at radius 3 is 2.92 bits per heavy atom. The highest BCUT2D eigenvalue weighted by Crippen LogP contribution is 2.36. The molecule has 1 fully saturated rings. The van der Waals surface area contributed by atoms with Crippen molar-refractivity contribution >= 4 is 17.7 Å². The van der Waals surface area contributed by atoms with Crippen LogP contribution in [0.5, 0.6) is 0 Å². The molecule has 0 aromatic carbocycles. The predicted molar refractivity (Wildman–Crippen MR) is 53.5 cm³/mol. The highest BCUT2D eigenvalue weighted by Gasteiger charge is 2.33. The van der Waals surface area contributed by atoms with Crippen molar-refractivity contribution < 1.29 is 9.53 Å². The molecule has 2 aliphatic rings. The summed E-state index contributed by atoms with van der Waals surface area (Å²) in [5.41, 5.74) is 1.36. The highest BCUT2D eigenvalue weighted by atomic mass is 32.2. The van der Waals surface area contributed by atoms with Crippen LogP contribution >= 0.6 is 11.8 Å². The molecule has 72 valence electrons. The lowest BCUT2D eigenvalue weighted by Crippen LogP contribution is -2.11. The van der Waals surface area contributed by atoms with Gasteiger partial charge < -0.3 is 4.74 Å². The van der Waals surface area contributed by atoms with E-state index in [1.807, 2.05) is 6.92 Å². The third-order valence-corrected chi connectivity index (χ3v) is 3.76. The lowest BCUT2D eigenvalue weighted by atomic mass is 10.0. The molecule has 0 amide bonds. The molecule has 1 aliphatic heterocycles. The van der Waals surface area contributed by atoms with E-state index in [1.165, 1.54) is 18.4 Å². The summed E-state index contributed by atoms with van der Waals surface area (Å²) in [6.45, 7) is 1.91. The van der Waals surface area contributed by atoms with Crippen molar-refractivity contribution in [1.29, 1.82) is 0 Å². The monoisotopic (exact) mass is 198 g/mol. The van der Waals surface area contributed by atoms with E-state index >= 15 is 0 Å². The molecule has 0 spiro atoms. The Hall–Kier alpha value is -0.440. The zero-order chi connectivity index (χ0) is 9.26. The maximum Gasteiger partial charge on any atom is 0.320 e. The molecule has 0 radical (unpaired) electrons. The lowest BCUT2D eigenvalue weighted by molar-refractivity contribution is -0.141. The van der Waals surface area contributed by atoms with Crippen LogP contribution in [0.25, 0.3) is 0 Å². The zero-order valence-corrected chi connectivity index (χ0v) is 8.60. The molecule has 13 heavy (non-hydrogen) atoms. The summed E-state index contributed by atoms with van der Waals surface area (Å²) in [5, 5.41) is 0.0211. The van der Waals surface area contributed by atoms with Crippen LogP contribution in [0, 0.1) is 0 Å². The van der Waals surface area contributed by atoms with Gasteiger partial charge in [-0.1, -0.05) is 17.8 Å². The minimum Gasteiger partial charge on any atom is -0.446 e. The summed E-state index contributed by atoms with van der Waals surface area (Å²) in [7, 11) is 0. The summed E-state index contributed by atoms with van der Waals surface area (Å²) in [6, 6.07) is 0. The van der Waals surface area contributed by atoms with Gasteiger partial charge in [0.05, 0.1) is 0 Å². The Morgan fingerprint density at radius 1 is 1.54 bits per heavy atom. The number of esters is 1. The average molecular weight is 198 g/mol. The first kappa shape index (κ1) is 9.13. The number of ether oxygens (including phenoxy) is 1. The number of carbonyl (C=O) groups excluding carboxylic acids is 1. The van der Waals surface area contributed by atoms with Crippen molar-refractivity contribution in [3.63, 3.8) is 0 Å². The molecule has 1 heterocycles. The van der Waals surface area contributed by atoms with Crippen molar-refractivity contribution in [2.75, 3.05) is 0 Å². The van der Waals surface area contributed by atoms with Crippen molar-refractivity contribution in [2.45, 2.75) is 43.3 Å². The standard InChI is InChI=1S/C10H14O2S/c1-7-9(11)12-10(13-7)8-5-3-2-4-6-8/h5,7,10H,2-4,6H2,1H3. The molecule has 0 N–H and O–H groups in total. The average Bonchev–Trinajstić information content (AvgIpc) is 2.49. The fourth-order valence-corrected chi connectivity index (χ4v) is 2.79. The lowest BCUT2D eigenvalue weighted by Gasteiger charge is -2.16. The van der Waals surface area contributed by atoms with E-state index in [2.05, 4.69) is 6.08 Å². The summed E-state index contributed by atoms with van der Waals surface area (Å²) in [5.74, 6) is -0.0542. The molecular weight excluding hydrogens is 184 g/mol. The van der Waals surface area contributed by atoms with Gasteiger partial charge in [-0.3, -0.25) is 4.79 Å². The Balaban J connectivity index is 2.02. The summed E-state index contributed by atoms with van der Waals surface area (Å²) in [4.78, 5) is 11.2. The molecule has 1 saturated heterocycles. The fourth-order valence-electron chi connectivity index (χ4n) is 1.71. The third-order valence-electron chi connectivity index (χ3n) is 2.51. The van der Waals surface area contributed by atoms with Gasteiger partial charge in [-0.25, -0.2) is 0 Å². The normalized spacial score (nSPS) is 34.2. The molecule has 2 rings (SSSR count). The molecule has 1 aliphatic carbocycles. The van der Waals surface area contributed by atoms with Crippen LogP contribution in [-0.4, -0.2) is 16.7 Å². The number of carbonyl (C=O) groups is 1. The van der Waals surface area contributed by atoms with E-state index in [9.17, 15) is 4.79 Å².